The van der Waals surface area contributed by atoms with E-state index in [1.807, 2.05) is 24.3 Å². The Morgan fingerprint density at radius 1 is 0.857 bits per heavy atom. The molecule has 0 radical (unpaired) electrons. The van der Waals surface area contributed by atoms with Crippen LogP contribution in [0.15, 0.2) is 66.7 Å². The zero-order valence-electron chi connectivity index (χ0n) is 21.9. The number of anilines is 3. The average molecular weight is 494 g/mol. The molecule has 3 aromatic carbocycles. The molecule has 0 fully saturated rings. The highest BCUT2D eigenvalue weighted by Gasteiger charge is 2.21. The van der Waals surface area contributed by atoms with E-state index in [1.54, 1.807) is 7.11 Å². The summed E-state index contributed by atoms with van der Waals surface area (Å²) >= 11 is 6.54. The highest BCUT2D eigenvalue weighted by atomic mass is 35.5. The van der Waals surface area contributed by atoms with E-state index in [9.17, 15) is 0 Å². The lowest BCUT2D eigenvalue weighted by atomic mass is 9.96. The lowest BCUT2D eigenvalue weighted by molar-refractivity contribution is 0.408. The number of ether oxygens (including phenoxy) is 1. The van der Waals surface area contributed by atoms with Crippen molar-refractivity contribution in [1.29, 1.82) is 0 Å². The minimum Gasteiger partial charge on any atom is -0.496 e. The van der Waals surface area contributed by atoms with Gasteiger partial charge in [-0.2, -0.15) is 0 Å². The summed E-state index contributed by atoms with van der Waals surface area (Å²) in [4.78, 5) is 4.60. The van der Waals surface area contributed by atoms with Gasteiger partial charge in [0.25, 0.3) is 0 Å². The van der Waals surface area contributed by atoms with Gasteiger partial charge in [-0.25, -0.2) is 0 Å². The predicted molar refractivity (Wildman–Crippen MR) is 153 cm³/mol. The molecule has 1 unspecified atom stereocenters. The molecule has 1 N–H and O–H groups in total. The van der Waals surface area contributed by atoms with Gasteiger partial charge in [-0.15, -0.1) is 0 Å². The Morgan fingerprint density at radius 2 is 1.49 bits per heavy atom. The van der Waals surface area contributed by atoms with E-state index in [0.29, 0.717) is 5.02 Å². The van der Waals surface area contributed by atoms with Gasteiger partial charge in [-0.3, -0.25) is 0 Å². The summed E-state index contributed by atoms with van der Waals surface area (Å²) in [6.07, 6.45) is 4.74. The van der Waals surface area contributed by atoms with Crippen LogP contribution in [0.4, 0.5) is 17.1 Å². The van der Waals surface area contributed by atoms with Crippen molar-refractivity contribution in [1.82, 2.24) is 0 Å². The topological polar surface area (TPSA) is 27.7 Å². The molecule has 0 amide bonds. The first-order valence-corrected chi connectivity index (χ1v) is 13.1. The number of para-hydroxylation sites is 1. The van der Waals surface area contributed by atoms with Crippen molar-refractivity contribution in [3.63, 3.8) is 0 Å². The second-order valence-corrected chi connectivity index (χ2v) is 9.57. The van der Waals surface area contributed by atoms with Gasteiger partial charge >= 0.3 is 0 Å². The minimum atomic E-state index is -0.116. The molecular formula is C30H40ClN3O. The van der Waals surface area contributed by atoms with Crippen LogP contribution in [0, 0.1) is 0 Å². The molecule has 188 valence electrons. The Labute approximate surface area is 216 Å². The van der Waals surface area contributed by atoms with E-state index in [1.165, 1.54) is 31.4 Å². The standard InChI is InChI=1S/C30H40ClN3O/c1-6-8-20-34(21-9-7-2)25-18-19-26(29(22-25)35-5)30(32-28-13-11-10-12-27(28)31)23-14-16-24(17-15-23)33(3)4/h10-19,22,30,32H,6-9,20-21H2,1-5H3. The van der Waals surface area contributed by atoms with Crippen molar-refractivity contribution in [3.05, 3.63) is 82.9 Å². The van der Waals surface area contributed by atoms with Crippen LogP contribution in [-0.2, 0) is 0 Å². The van der Waals surface area contributed by atoms with Gasteiger partial charge in [0, 0.05) is 50.2 Å². The zero-order chi connectivity index (χ0) is 25.2. The summed E-state index contributed by atoms with van der Waals surface area (Å²) in [7, 11) is 5.87. The second kappa shape index (κ2) is 13.3. The smallest absolute Gasteiger partial charge is 0.126 e. The van der Waals surface area contributed by atoms with Crippen molar-refractivity contribution in [2.75, 3.05) is 49.4 Å². The number of benzene rings is 3. The Balaban J connectivity index is 2.03. The highest BCUT2D eigenvalue weighted by molar-refractivity contribution is 6.33. The van der Waals surface area contributed by atoms with Crippen LogP contribution < -0.4 is 19.9 Å². The number of nitrogens with one attached hydrogen (secondary N) is 1. The zero-order valence-corrected chi connectivity index (χ0v) is 22.6. The van der Waals surface area contributed by atoms with Gasteiger partial charge in [-0.1, -0.05) is 68.6 Å². The van der Waals surface area contributed by atoms with Crippen LogP contribution in [-0.4, -0.2) is 34.3 Å². The molecule has 0 spiro atoms. The summed E-state index contributed by atoms with van der Waals surface area (Å²) in [5.74, 6) is 0.877. The van der Waals surface area contributed by atoms with Crippen molar-refractivity contribution in [2.24, 2.45) is 0 Å². The Bertz CT molecular complexity index is 1040. The molecule has 0 aliphatic carbocycles. The van der Waals surface area contributed by atoms with Crippen LogP contribution in [0.1, 0.15) is 56.7 Å². The van der Waals surface area contributed by atoms with Crippen molar-refractivity contribution >= 4 is 28.7 Å². The van der Waals surface area contributed by atoms with Gasteiger partial charge in [0.05, 0.1) is 23.9 Å². The lowest BCUT2D eigenvalue weighted by Gasteiger charge is -2.28. The minimum absolute atomic E-state index is 0.116. The quantitative estimate of drug-likeness (QED) is 0.261. The Morgan fingerprint density at radius 3 is 2.06 bits per heavy atom. The van der Waals surface area contributed by atoms with Gasteiger partial charge < -0.3 is 19.9 Å². The molecular weight excluding hydrogens is 454 g/mol. The number of halogens is 1. The lowest BCUT2D eigenvalue weighted by Crippen LogP contribution is -2.25. The first-order valence-electron chi connectivity index (χ1n) is 12.7. The molecule has 0 saturated carbocycles. The number of unbranched alkanes of at least 4 members (excludes halogenated alkanes) is 2. The monoisotopic (exact) mass is 493 g/mol. The number of methoxy groups -OCH3 is 1. The summed E-state index contributed by atoms with van der Waals surface area (Å²) in [6.45, 7) is 6.61. The normalized spacial score (nSPS) is 11.7. The highest BCUT2D eigenvalue weighted by Crippen LogP contribution is 2.37. The molecule has 35 heavy (non-hydrogen) atoms. The summed E-state index contributed by atoms with van der Waals surface area (Å²) < 4.78 is 5.97. The molecule has 0 aromatic heterocycles. The van der Waals surface area contributed by atoms with E-state index in [0.717, 1.165) is 41.3 Å². The summed E-state index contributed by atoms with van der Waals surface area (Å²) in [5, 5.41) is 4.38. The molecule has 0 aliphatic heterocycles. The molecule has 0 heterocycles. The van der Waals surface area contributed by atoms with Crippen LogP contribution in [0.5, 0.6) is 5.75 Å². The molecule has 5 heteroatoms. The molecule has 1 atom stereocenters. The molecule has 0 saturated heterocycles. The van der Waals surface area contributed by atoms with Gasteiger partial charge in [0.2, 0.25) is 0 Å². The first-order chi connectivity index (χ1) is 17.0. The Hall–Kier alpha value is -2.85. The van der Waals surface area contributed by atoms with E-state index < -0.39 is 0 Å². The maximum atomic E-state index is 6.54. The Kier molecular flexibility index (Phi) is 10.2. The fourth-order valence-electron chi connectivity index (χ4n) is 4.24. The third-order valence-corrected chi connectivity index (χ3v) is 6.70. The van der Waals surface area contributed by atoms with Gasteiger partial charge in [0.1, 0.15) is 5.75 Å². The van der Waals surface area contributed by atoms with Crippen LogP contribution >= 0.6 is 11.6 Å². The maximum Gasteiger partial charge on any atom is 0.126 e. The van der Waals surface area contributed by atoms with Gasteiger partial charge in [0.15, 0.2) is 0 Å². The molecule has 4 nitrogen and oxygen atoms in total. The fraction of sp³-hybridized carbons (Fsp3) is 0.400. The molecule has 3 aromatic rings. The fourth-order valence-corrected chi connectivity index (χ4v) is 4.43. The largest absolute Gasteiger partial charge is 0.496 e. The molecule has 0 aliphatic rings. The predicted octanol–water partition coefficient (Wildman–Crippen LogP) is 8.02. The van der Waals surface area contributed by atoms with Crippen molar-refractivity contribution in [2.45, 2.75) is 45.6 Å². The third kappa shape index (κ3) is 7.08. The van der Waals surface area contributed by atoms with E-state index >= 15 is 0 Å². The van der Waals surface area contributed by atoms with Crippen LogP contribution in [0.3, 0.4) is 0 Å². The summed E-state index contributed by atoms with van der Waals surface area (Å²) in [5.41, 5.74) is 5.51. The third-order valence-electron chi connectivity index (χ3n) is 6.37. The van der Waals surface area contributed by atoms with Crippen LogP contribution in [0.2, 0.25) is 5.02 Å². The number of rotatable bonds is 13. The van der Waals surface area contributed by atoms with Crippen molar-refractivity contribution < 1.29 is 4.74 Å². The molecule has 0 bridgehead atoms. The maximum absolute atomic E-state index is 6.54. The van der Waals surface area contributed by atoms with Crippen molar-refractivity contribution in [3.8, 4) is 5.75 Å². The number of hydrogen-bond donors (Lipinski definition) is 1. The van der Waals surface area contributed by atoms with Crippen LogP contribution in [0.25, 0.3) is 0 Å². The molecule has 3 rings (SSSR count). The second-order valence-electron chi connectivity index (χ2n) is 9.16. The van der Waals surface area contributed by atoms with E-state index in [-0.39, 0.29) is 6.04 Å². The number of hydrogen-bond acceptors (Lipinski definition) is 4. The SMILES string of the molecule is CCCCN(CCCC)c1ccc(C(Nc2ccccc2Cl)c2ccc(N(C)C)cc2)c(OC)c1. The number of nitrogens with zero attached hydrogens (tertiary/aromatic N) is 2. The first kappa shape index (κ1) is 26.7. The summed E-state index contributed by atoms with van der Waals surface area (Å²) in [6, 6.07) is 23.0. The van der Waals surface area contributed by atoms with Gasteiger partial charge in [-0.05, 0) is 48.7 Å². The van der Waals surface area contributed by atoms with E-state index in [4.69, 9.17) is 16.3 Å². The van der Waals surface area contributed by atoms with E-state index in [2.05, 4.69) is 85.5 Å². The average Bonchev–Trinajstić information content (AvgIpc) is 2.88.